The Morgan fingerprint density at radius 2 is 2.27 bits per heavy atom. The lowest BCUT2D eigenvalue weighted by molar-refractivity contribution is -0.00000290. The molecule has 0 aromatic carbocycles. The third-order valence-electron chi connectivity index (χ3n) is 1.43. The van der Waals surface area contributed by atoms with Gasteiger partial charge < -0.3 is 22.5 Å². The second kappa shape index (κ2) is 4.79. The van der Waals surface area contributed by atoms with Crippen LogP contribution in [0, 0.1) is 0 Å². The van der Waals surface area contributed by atoms with Crippen LogP contribution in [0.5, 0.6) is 0 Å². The molecule has 62 valence electrons. The first-order valence-corrected chi connectivity index (χ1v) is 3.09. The number of likely N-dealkylation sites (N-methyl/N-ethyl adjacent to an activating group) is 1. The van der Waals surface area contributed by atoms with E-state index in [0.29, 0.717) is 0 Å². The molecule has 0 aliphatic carbocycles. The number of allylic oxidation sites excluding steroid dienone is 2. The van der Waals surface area contributed by atoms with Crippen LogP contribution in [0.1, 0.15) is 0 Å². The van der Waals surface area contributed by atoms with Crippen LogP contribution in [0.4, 0.5) is 0 Å². The highest BCUT2D eigenvalue weighted by atomic mass is 35.5. The highest BCUT2D eigenvalue weighted by molar-refractivity contribution is 5.67. The molecule has 0 bridgehead atoms. The number of rotatable bonds is 1. The first-order chi connectivity index (χ1) is 4.84. The fourth-order valence-corrected chi connectivity index (χ4v) is 0.822. The molecule has 0 spiro atoms. The molecule has 3 nitrogen and oxygen atoms in total. The number of hydrogen-bond donors (Lipinski definition) is 1. The summed E-state index contributed by atoms with van der Waals surface area (Å²) in [6.07, 6.45) is 9.19. The van der Waals surface area contributed by atoms with Crippen LogP contribution in [0.15, 0.2) is 29.6 Å². The van der Waals surface area contributed by atoms with Gasteiger partial charge in [0.15, 0.2) is 0 Å². The van der Waals surface area contributed by atoms with Gasteiger partial charge in [0.05, 0.1) is 12.3 Å². The van der Waals surface area contributed by atoms with Gasteiger partial charge in [-0.25, -0.2) is 0 Å². The van der Waals surface area contributed by atoms with Crippen molar-refractivity contribution in [1.29, 1.82) is 0 Å². The van der Waals surface area contributed by atoms with Gasteiger partial charge in [-0.3, -0.25) is 0 Å². The lowest BCUT2D eigenvalue weighted by Crippen LogP contribution is -3.00. The molecule has 0 saturated carbocycles. The molecule has 11 heavy (non-hydrogen) atoms. The third kappa shape index (κ3) is 2.63. The van der Waals surface area contributed by atoms with Crippen LogP contribution in [0.3, 0.4) is 0 Å². The first-order valence-electron chi connectivity index (χ1n) is 3.09. The molecule has 0 aromatic rings. The predicted molar refractivity (Wildman–Crippen MR) is 40.1 cm³/mol. The summed E-state index contributed by atoms with van der Waals surface area (Å²) >= 11 is 0. The number of nitrogens with zero attached hydrogens (tertiary/aromatic N) is 2. The summed E-state index contributed by atoms with van der Waals surface area (Å²) in [6, 6.07) is 0.0926. The van der Waals surface area contributed by atoms with Gasteiger partial charge in [-0.2, -0.15) is 0 Å². The van der Waals surface area contributed by atoms with Crippen molar-refractivity contribution in [3.63, 3.8) is 0 Å². The van der Waals surface area contributed by atoms with E-state index in [2.05, 4.69) is 5.16 Å². The normalized spacial score (nSPS) is 22.3. The highest BCUT2D eigenvalue weighted by Crippen LogP contribution is 2.02. The van der Waals surface area contributed by atoms with E-state index in [1.807, 2.05) is 36.4 Å². The molecule has 0 saturated heterocycles. The second-order valence-electron chi connectivity index (χ2n) is 2.15. The van der Waals surface area contributed by atoms with Gasteiger partial charge in [-0.15, -0.1) is 0 Å². The molecule has 1 aliphatic rings. The van der Waals surface area contributed by atoms with E-state index in [9.17, 15) is 0 Å². The van der Waals surface area contributed by atoms with E-state index in [4.69, 9.17) is 5.21 Å². The fourth-order valence-electron chi connectivity index (χ4n) is 0.822. The van der Waals surface area contributed by atoms with E-state index < -0.39 is 0 Å². The van der Waals surface area contributed by atoms with E-state index in [0.717, 1.165) is 0 Å². The quantitative estimate of drug-likeness (QED) is 0.279. The Hall–Kier alpha value is -0.960. The van der Waals surface area contributed by atoms with Crippen molar-refractivity contribution in [1.82, 2.24) is 4.90 Å². The van der Waals surface area contributed by atoms with Crippen LogP contribution < -0.4 is 12.4 Å². The monoisotopic (exact) mass is 173 g/mol. The lowest BCUT2D eigenvalue weighted by Gasteiger charge is -2.21. The van der Waals surface area contributed by atoms with Crippen LogP contribution >= 0.6 is 0 Å². The van der Waals surface area contributed by atoms with E-state index in [1.54, 1.807) is 0 Å². The topological polar surface area (TPSA) is 35.8 Å². The van der Waals surface area contributed by atoms with E-state index in [1.165, 1.54) is 6.21 Å². The van der Waals surface area contributed by atoms with Gasteiger partial charge in [-0.1, -0.05) is 17.3 Å². The first kappa shape index (κ1) is 10.0. The molecule has 1 heterocycles. The summed E-state index contributed by atoms with van der Waals surface area (Å²) in [5.41, 5.74) is 0. The standard InChI is InChI=1S/C7H10N2O.ClH/c1-9-5-3-2-4-7(9)6-8-10;/h2-7,10H,1H3;1H/p-1/b8-6-;. The summed E-state index contributed by atoms with van der Waals surface area (Å²) in [6.45, 7) is 0. The summed E-state index contributed by atoms with van der Waals surface area (Å²) in [5, 5.41) is 11.2. The van der Waals surface area contributed by atoms with Crippen molar-refractivity contribution in [3.05, 3.63) is 24.4 Å². The molecule has 1 N–H and O–H groups in total. The Labute approximate surface area is 72.1 Å². The number of oxime groups is 1. The molecule has 0 amide bonds. The average molecular weight is 174 g/mol. The molecule has 1 unspecified atom stereocenters. The molecule has 4 heteroatoms. The van der Waals surface area contributed by atoms with E-state index in [-0.39, 0.29) is 18.4 Å². The number of hydrogen-bond acceptors (Lipinski definition) is 3. The molecule has 1 rings (SSSR count). The van der Waals surface area contributed by atoms with Crippen molar-refractivity contribution in [2.45, 2.75) is 6.04 Å². The average Bonchev–Trinajstić information content (AvgIpc) is 1.94. The number of halogens is 1. The Morgan fingerprint density at radius 3 is 2.82 bits per heavy atom. The maximum Gasteiger partial charge on any atom is 0.0855 e. The van der Waals surface area contributed by atoms with E-state index >= 15 is 0 Å². The molecule has 0 radical (unpaired) electrons. The predicted octanol–water partition coefficient (Wildman–Crippen LogP) is -2.17. The minimum atomic E-state index is 0. The van der Waals surface area contributed by atoms with Gasteiger partial charge in [0.25, 0.3) is 0 Å². The summed E-state index contributed by atoms with van der Waals surface area (Å²) in [5.74, 6) is 0. The fraction of sp³-hybridized carbons (Fsp3) is 0.286. The minimum absolute atomic E-state index is 0. The lowest BCUT2D eigenvalue weighted by atomic mass is 10.2. The smallest absolute Gasteiger partial charge is 0.0855 e. The molecule has 1 atom stereocenters. The zero-order valence-electron chi connectivity index (χ0n) is 6.18. The van der Waals surface area contributed by atoms with Crippen molar-refractivity contribution in [3.8, 4) is 0 Å². The van der Waals surface area contributed by atoms with Crippen LogP contribution in [0.25, 0.3) is 0 Å². The van der Waals surface area contributed by atoms with Crippen molar-refractivity contribution in [2.75, 3.05) is 7.05 Å². The second-order valence-corrected chi connectivity index (χ2v) is 2.15. The van der Waals surface area contributed by atoms with Crippen LogP contribution in [0.2, 0.25) is 0 Å². The minimum Gasteiger partial charge on any atom is -1.00 e. The van der Waals surface area contributed by atoms with Gasteiger partial charge >= 0.3 is 0 Å². The molecular formula is C7H10ClN2O-. The zero-order chi connectivity index (χ0) is 7.40. The van der Waals surface area contributed by atoms with Crippen molar-refractivity contribution >= 4 is 6.21 Å². The Kier molecular flexibility index (Phi) is 4.38. The summed E-state index contributed by atoms with van der Waals surface area (Å²) in [4.78, 5) is 1.94. The molecule has 1 aliphatic heterocycles. The highest BCUT2D eigenvalue weighted by Gasteiger charge is 2.05. The molecule has 0 aromatic heterocycles. The van der Waals surface area contributed by atoms with Crippen LogP contribution in [-0.2, 0) is 0 Å². The Balaban J connectivity index is 0.000001000. The van der Waals surface area contributed by atoms with Crippen LogP contribution in [-0.4, -0.2) is 29.4 Å². The van der Waals surface area contributed by atoms with Gasteiger partial charge in [0.2, 0.25) is 0 Å². The van der Waals surface area contributed by atoms with Crippen molar-refractivity contribution < 1.29 is 17.6 Å². The van der Waals surface area contributed by atoms with Gasteiger partial charge in [0.1, 0.15) is 0 Å². The SMILES string of the molecule is CN1C=CC=CC1/C=N\O.[Cl-]. The third-order valence-corrected chi connectivity index (χ3v) is 1.43. The Morgan fingerprint density at radius 1 is 1.55 bits per heavy atom. The summed E-state index contributed by atoms with van der Waals surface area (Å²) in [7, 11) is 1.92. The Bertz CT molecular complexity index is 189. The largest absolute Gasteiger partial charge is 1.00 e. The molecular weight excluding hydrogens is 164 g/mol. The summed E-state index contributed by atoms with van der Waals surface area (Å²) < 4.78 is 0. The van der Waals surface area contributed by atoms with Gasteiger partial charge in [0, 0.05) is 7.05 Å². The van der Waals surface area contributed by atoms with Crippen molar-refractivity contribution in [2.24, 2.45) is 5.16 Å². The zero-order valence-corrected chi connectivity index (χ0v) is 6.94. The van der Waals surface area contributed by atoms with Gasteiger partial charge in [-0.05, 0) is 12.3 Å². The molecule has 0 fully saturated rings. The maximum atomic E-state index is 8.22. The maximum absolute atomic E-state index is 8.22.